The van der Waals surface area contributed by atoms with Gasteiger partial charge in [0.1, 0.15) is 12.4 Å². The molecule has 0 aliphatic carbocycles. The maximum absolute atomic E-state index is 13.2. The zero-order valence-electron chi connectivity index (χ0n) is 16.7. The normalized spacial score (nSPS) is 12.1. The van der Waals surface area contributed by atoms with E-state index in [0.29, 0.717) is 35.2 Å². The van der Waals surface area contributed by atoms with E-state index in [0.717, 1.165) is 27.1 Å². The first-order valence-electron chi connectivity index (χ1n) is 9.56. The SMILES string of the molecule is COc1cc(CNCc2ccc3c(c2)OCO3)cc(Br)c1OCc1ccc(F)cc1Cl. The predicted molar refractivity (Wildman–Crippen MR) is 120 cm³/mol. The van der Waals surface area contributed by atoms with Gasteiger partial charge in [-0.1, -0.05) is 23.7 Å². The zero-order valence-corrected chi connectivity index (χ0v) is 19.1. The molecule has 0 fully saturated rings. The molecule has 0 aromatic heterocycles. The number of halogens is 3. The van der Waals surface area contributed by atoms with E-state index in [1.165, 1.54) is 12.1 Å². The molecule has 3 aromatic carbocycles. The average molecular weight is 509 g/mol. The van der Waals surface area contributed by atoms with Gasteiger partial charge < -0.3 is 24.3 Å². The van der Waals surface area contributed by atoms with Gasteiger partial charge in [0.05, 0.1) is 16.6 Å². The van der Waals surface area contributed by atoms with E-state index in [-0.39, 0.29) is 19.2 Å². The van der Waals surface area contributed by atoms with Crippen LogP contribution < -0.4 is 24.3 Å². The Balaban J connectivity index is 1.39. The van der Waals surface area contributed by atoms with Gasteiger partial charge in [0.15, 0.2) is 23.0 Å². The molecule has 162 valence electrons. The lowest BCUT2D eigenvalue weighted by molar-refractivity contribution is 0.174. The van der Waals surface area contributed by atoms with Crippen LogP contribution in [0.25, 0.3) is 0 Å². The molecule has 0 bridgehead atoms. The Morgan fingerprint density at radius 3 is 2.65 bits per heavy atom. The van der Waals surface area contributed by atoms with Gasteiger partial charge in [0.25, 0.3) is 0 Å². The first kappa shape index (κ1) is 21.7. The molecule has 31 heavy (non-hydrogen) atoms. The summed E-state index contributed by atoms with van der Waals surface area (Å²) in [7, 11) is 1.59. The van der Waals surface area contributed by atoms with Gasteiger partial charge in [-0.25, -0.2) is 4.39 Å². The van der Waals surface area contributed by atoms with Crippen molar-refractivity contribution in [2.45, 2.75) is 19.7 Å². The van der Waals surface area contributed by atoms with E-state index in [9.17, 15) is 4.39 Å². The van der Waals surface area contributed by atoms with Crippen molar-refractivity contribution in [3.8, 4) is 23.0 Å². The van der Waals surface area contributed by atoms with Crippen LogP contribution in [0, 0.1) is 5.82 Å². The number of benzene rings is 3. The van der Waals surface area contributed by atoms with Gasteiger partial charge in [0, 0.05) is 18.7 Å². The maximum atomic E-state index is 13.2. The molecule has 1 aliphatic rings. The number of ether oxygens (including phenoxy) is 4. The van der Waals surface area contributed by atoms with E-state index in [1.54, 1.807) is 13.2 Å². The van der Waals surface area contributed by atoms with Crippen LogP contribution in [0.15, 0.2) is 53.0 Å². The fourth-order valence-electron chi connectivity index (χ4n) is 3.21. The quantitative estimate of drug-likeness (QED) is 0.414. The monoisotopic (exact) mass is 507 g/mol. The highest BCUT2D eigenvalue weighted by atomic mass is 79.9. The predicted octanol–water partition coefficient (Wildman–Crippen LogP) is 5.85. The van der Waals surface area contributed by atoms with Crippen LogP contribution >= 0.6 is 27.5 Å². The Morgan fingerprint density at radius 2 is 1.84 bits per heavy atom. The molecular weight excluding hydrogens is 489 g/mol. The lowest BCUT2D eigenvalue weighted by Gasteiger charge is -2.15. The van der Waals surface area contributed by atoms with Crippen LogP contribution in [-0.2, 0) is 19.7 Å². The Kier molecular flexibility index (Phi) is 6.85. The molecule has 8 heteroatoms. The molecule has 5 nitrogen and oxygen atoms in total. The summed E-state index contributed by atoms with van der Waals surface area (Å²) in [5, 5.41) is 3.73. The summed E-state index contributed by atoms with van der Waals surface area (Å²) < 4.78 is 36.2. The van der Waals surface area contributed by atoms with Crippen molar-refractivity contribution in [1.82, 2.24) is 5.32 Å². The molecular formula is C23H20BrClFNO4. The molecule has 0 spiro atoms. The van der Waals surface area contributed by atoms with Crippen molar-refractivity contribution in [3.63, 3.8) is 0 Å². The molecule has 1 N–H and O–H groups in total. The van der Waals surface area contributed by atoms with Crippen molar-refractivity contribution in [2.75, 3.05) is 13.9 Å². The van der Waals surface area contributed by atoms with E-state index < -0.39 is 0 Å². The third-order valence-corrected chi connectivity index (χ3v) is 5.71. The molecule has 0 unspecified atom stereocenters. The second-order valence-electron chi connectivity index (χ2n) is 6.92. The number of rotatable bonds is 8. The minimum absolute atomic E-state index is 0.190. The fraction of sp³-hybridized carbons (Fsp3) is 0.217. The summed E-state index contributed by atoms with van der Waals surface area (Å²) in [6.07, 6.45) is 0. The molecule has 0 radical (unpaired) electrons. The fourth-order valence-corrected chi connectivity index (χ4v) is 4.03. The highest BCUT2D eigenvalue weighted by molar-refractivity contribution is 9.10. The van der Waals surface area contributed by atoms with Gasteiger partial charge in [0.2, 0.25) is 6.79 Å². The third kappa shape index (κ3) is 5.23. The van der Waals surface area contributed by atoms with Gasteiger partial charge in [-0.05, 0) is 63.5 Å². The van der Waals surface area contributed by atoms with Crippen molar-refractivity contribution in [3.05, 3.63) is 80.5 Å². The van der Waals surface area contributed by atoms with Crippen LogP contribution in [0.2, 0.25) is 5.02 Å². The number of methoxy groups -OCH3 is 1. The molecule has 1 heterocycles. The van der Waals surface area contributed by atoms with E-state index >= 15 is 0 Å². The molecule has 0 saturated heterocycles. The van der Waals surface area contributed by atoms with Crippen LogP contribution in [0.4, 0.5) is 4.39 Å². The topological polar surface area (TPSA) is 49.0 Å². The highest BCUT2D eigenvalue weighted by Gasteiger charge is 2.15. The summed E-state index contributed by atoms with van der Waals surface area (Å²) >= 11 is 9.64. The maximum Gasteiger partial charge on any atom is 0.231 e. The van der Waals surface area contributed by atoms with Crippen LogP contribution in [0.1, 0.15) is 16.7 Å². The zero-order chi connectivity index (χ0) is 21.8. The first-order chi connectivity index (χ1) is 15.0. The molecule has 1 aliphatic heterocycles. The summed E-state index contributed by atoms with van der Waals surface area (Å²) in [6, 6.07) is 14.0. The van der Waals surface area contributed by atoms with E-state index in [2.05, 4.69) is 21.2 Å². The van der Waals surface area contributed by atoms with E-state index in [4.69, 9.17) is 30.5 Å². The number of hydrogen-bond donors (Lipinski definition) is 1. The second-order valence-corrected chi connectivity index (χ2v) is 8.19. The lowest BCUT2D eigenvalue weighted by atomic mass is 10.1. The minimum atomic E-state index is -0.384. The Labute approximate surface area is 193 Å². The number of fused-ring (bicyclic) bond motifs is 1. The average Bonchev–Trinajstić information content (AvgIpc) is 3.21. The highest BCUT2D eigenvalue weighted by Crippen LogP contribution is 2.38. The van der Waals surface area contributed by atoms with Crippen LogP contribution in [0.5, 0.6) is 23.0 Å². The van der Waals surface area contributed by atoms with Crippen molar-refractivity contribution < 1.29 is 23.3 Å². The molecule has 0 amide bonds. The lowest BCUT2D eigenvalue weighted by Crippen LogP contribution is -2.13. The van der Waals surface area contributed by atoms with Gasteiger partial charge in [-0.2, -0.15) is 0 Å². The van der Waals surface area contributed by atoms with Gasteiger partial charge in [-0.15, -0.1) is 0 Å². The molecule has 3 aromatic rings. The smallest absolute Gasteiger partial charge is 0.231 e. The molecule has 0 saturated carbocycles. The van der Waals surface area contributed by atoms with Crippen molar-refractivity contribution in [2.24, 2.45) is 0 Å². The number of nitrogens with one attached hydrogen (secondary N) is 1. The first-order valence-corrected chi connectivity index (χ1v) is 10.7. The summed E-state index contributed by atoms with van der Waals surface area (Å²) in [6.45, 7) is 1.77. The Hall–Kier alpha value is -2.48. The Morgan fingerprint density at radius 1 is 1.03 bits per heavy atom. The minimum Gasteiger partial charge on any atom is -0.493 e. The molecule has 0 atom stereocenters. The van der Waals surface area contributed by atoms with Crippen LogP contribution in [-0.4, -0.2) is 13.9 Å². The standard InChI is InChI=1S/C23H20BrClFNO4/c1-28-22-8-15(11-27-10-14-2-5-20-21(7-14)31-13-30-20)6-18(24)23(22)29-12-16-3-4-17(26)9-19(16)25/h2-9,27H,10-13H2,1H3. The molecule has 4 rings (SSSR count). The largest absolute Gasteiger partial charge is 0.493 e. The van der Waals surface area contributed by atoms with Crippen molar-refractivity contribution in [1.29, 1.82) is 0 Å². The van der Waals surface area contributed by atoms with Crippen molar-refractivity contribution >= 4 is 27.5 Å². The second kappa shape index (κ2) is 9.77. The summed E-state index contributed by atoms with van der Waals surface area (Å²) in [5.41, 5.74) is 2.81. The third-order valence-electron chi connectivity index (χ3n) is 4.77. The summed E-state index contributed by atoms with van der Waals surface area (Å²) in [5.74, 6) is 2.31. The van der Waals surface area contributed by atoms with Crippen LogP contribution in [0.3, 0.4) is 0 Å². The van der Waals surface area contributed by atoms with Gasteiger partial charge in [-0.3, -0.25) is 0 Å². The summed E-state index contributed by atoms with van der Waals surface area (Å²) in [4.78, 5) is 0. The Bertz CT molecular complexity index is 1100. The number of hydrogen-bond acceptors (Lipinski definition) is 5. The van der Waals surface area contributed by atoms with Gasteiger partial charge >= 0.3 is 0 Å². The van der Waals surface area contributed by atoms with E-state index in [1.807, 2.05) is 30.3 Å².